The summed E-state index contributed by atoms with van der Waals surface area (Å²) >= 11 is 1.46. The van der Waals surface area contributed by atoms with Gasteiger partial charge in [-0.1, -0.05) is 41.2 Å². The van der Waals surface area contributed by atoms with Crippen LogP contribution in [0.4, 0.5) is 5.82 Å². The fourth-order valence-corrected chi connectivity index (χ4v) is 4.12. The van der Waals surface area contributed by atoms with Gasteiger partial charge in [0, 0.05) is 24.5 Å². The van der Waals surface area contributed by atoms with E-state index in [2.05, 4.69) is 15.4 Å². The molecule has 0 aliphatic heterocycles. The molecule has 0 unspecified atom stereocenters. The van der Waals surface area contributed by atoms with E-state index in [-0.39, 0.29) is 24.5 Å². The number of ketones is 1. The van der Waals surface area contributed by atoms with Crippen LogP contribution in [-0.2, 0) is 4.79 Å². The van der Waals surface area contributed by atoms with Crippen molar-refractivity contribution in [2.24, 2.45) is 0 Å². The molecule has 0 aliphatic carbocycles. The zero-order valence-corrected chi connectivity index (χ0v) is 18.3. The largest absolute Gasteiger partial charge is 0.497 e. The maximum Gasteiger partial charge on any atom is 0.225 e. The molecular formula is C23H22N4O3S. The number of amides is 1. The second kappa shape index (κ2) is 8.69. The Morgan fingerprint density at radius 3 is 2.58 bits per heavy atom. The molecule has 0 spiro atoms. The highest BCUT2D eigenvalue weighted by Crippen LogP contribution is 2.30. The van der Waals surface area contributed by atoms with Crippen molar-refractivity contribution < 1.29 is 14.3 Å². The molecule has 0 aliphatic rings. The van der Waals surface area contributed by atoms with E-state index in [0.717, 1.165) is 27.2 Å². The molecular weight excluding hydrogens is 412 g/mol. The van der Waals surface area contributed by atoms with Gasteiger partial charge in [0.15, 0.2) is 5.78 Å². The molecule has 7 nitrogen and oxygen atoms in total. The second-order valence-electron chi connectivity index (χ2n) is 7.25. The summed E-state index contributed by atoms with van der Waals surface area (Å²) in [4.78, 5) is 29.5. The van der Waals surface area contributed by atoms with Crippen LogP contribution in [0.25, 0.3) is 15.3 Å². The average Bonchev–Trinajstić information content (AvgIpc) is 3.34. The third kappa shape index (κ3) is 4.64. The van der Waals surface area contributed by atoms with Gasteiger partial charge in [0.2, 0.25) is 11.0 Å². The van der Waals surface area contributed by atoms with Crippen LogP contribution in [0.15, 0.2) is 48.5 Å². The van der Waals surface area contributed by atoms with Crippen LogP contribution in [0.1, 0.15) is 34.5 Å². The lowest BCUT2D eigenvalue weighted by atomic mass is 10.1. The number of methoxy groups -OCH3 is 1. The quantitative estimate of drug-likeness (QED) is 0.426. The molecule has 0 bridgehead atoms. The van der Waals surface area contributed by atoms with E-state index in [0.29, 0.717) is 16.5 Å². The molecule has 0 saturated carbocycles. The van der Waals surface area contributed by atoms with E-state index in [1.807, 2.05) is 44.2 Å². The summed E-state index contributed by atoms with van der Waals surface area (Å²) < 4.78 is 7.85. The Morgan fingerprint density at radius 2 is 1.84 bits per heavy atom. The number of ether oxygens (including phenoxy) is 1. The third-order valence-electron chi connectivity index (χ3n) is 4.82. The first-order chi connectivity index (χ1) is 14.9. The van der Waals surface area contributed by atoms with E-state index in [1.165, 1.54) is 11.3 Å². The maximum absolute atomic E-state index is 12.5. The molecule has 0 fully saturated rings. The minimum absolute atomic E-state index is 0.0556. The van der Waals surface area contributed by atoms with Crippen LogP contribution in [0.3, 0.4) is 0 Å². The van der Waals surface area contributed by atoms with Crippen molar-refractivity contribution >= 4 is 39.1 Å². The van der Waals surface area contributed by atoms with Crippen LogP contribution in [0, 0.1) is 13.8 Å². The van der Waals surface area contributed by atoms with Crippen molar-refractivity contribution in [3.8, 4) is 10.9 Å². The van der Waals surface area contributed by atoms with Crippen molar-refractivity contribution in [2.45, 2.75) is 26.7 Å². The van der Waals surface area contributed by atoms with Crippen LogP contribution < -0.4 is 10.1 Å². The molecule has 0 radical (unpaired) electrons. The zero-order chi connectivity index (χ0) is 22.0. The number of nitrogens with one attached hydrogen (secondary N) is 1. The molecule has 2 heterocycles. The standard InChI is InChI=1S/C23H22N4O3S/c1-14-4-6-16(7-5-14)19(28)10-11-22(29)25-21-12-15(2)26-27(21)23-24-18-9-8-17(30-3)13-20(18)31-23/h4-9,12-13H,10-11H2,1-3H3,(H,25,29). The van der Waals surface area contributed by atoms with Crippen LogP contribution in [-0.4, -0.2) is 33.6 Å². The van der Waals surface area contributed by atoms with Gasteiger partial charge in [-0.3, -0.25) is 9.59 Å². The molecule has 4 aromatic rings. The monoisotopic (exact) mass is 434 g/mol. The van der Waals surface area contributed by atoms with E-state index >= 15 is 0 Å². The van der Waals surface area contributed by atoms with Gasteiger partial charge in [-0.2, -0.15) is 9.78 Å². The summed E-state index contributed by atoms with van der Waals surface area (Å²) in [5.41, 5.74) is 3.29. The van der Waals surface area contributed by atoms with Crippen molar-refractivity contribution in [1.29, 1.82) is 0 Å². The average molecular weight is 435 g/mol. The van der Waals surface area contributed by atoms with Crippen LogP contribution in [0.2, 0.25) is 0 Å². The number of fused-ring (bicyclic) bond motifs is 1. The number of anilines is 1. The number of aryl methyl sites for hydroxylation is 2. The summed E-state index contributed by atoms with van der Waals surface area (Å²) in [6.07, 6.45) is 0.233. The Kier molecular flexibility index (Phi) is 5.81. The molecule has 158 valence electrons. The number of Topliss-reactive ketones (excluding diaryl/α,β-unsaturated/α-hetero) is 1. The minimum Gasteiger partial charge on any atom is -0.497 e. The number of nitrogens with zero attached hydrogens (tertiary/aromatic N) is 3. The van der Waals surface area contributed by atoms with Gasteiger partial charge >= 0.3 is 0 Å². The fraction of sp³-hybridized carbons (Fsp3) is 0.217. The molecule has 0 saturated heterocycles. The lowest BCUT2D eigenvalue weighted by Gasteiger charge is -2.06. The lowest BCUT2D eigenvalue weighted by molar-refractivity contribution is -0.116. The van der Waals surface area contributed by atoms with Crippen molar-refractivity contribution in [3.05, 3.63) is 65.4 Å². The Labute approximate surface area is 183 Å². The van der Waals surface area contributed by atoms with E-state index in [1.54, 1.807) is 30.0 Å². The lowest BCUT2D eigenvalue weighted by Crippen LogP contribution is -2.16. The molecule has 0 atom stereocenters. The summed E-state index contributed by atoms with van der Waals surface area (Å²) in [6, 6.07) is 14.8. The highest BCUT2D eigenvalue weighted by Gasteiger charge is 2.16. The third-order valence-corrected chi connectivity index (χ3v) is 5.81. The number of carbonyl (C=O) groups excluding carboxylic acids is 2. The molecule has 8 heteroatoms. The van der Waals surface area contributed by atoms with Crippen molar-refractivity contribution in [3.63, 3.8) is 0 Å². The highest BCUT2D eigenvalue weighted by molar-refractivity contribution is 7.20. The molecule has 1 amide bonds. The van der Waals surface area contributed by atoms with Gasteiger partial charge in [0.25, 0.3) is 0 Å². The van der Waals surface area contributed by atoms with E-state index in [4.69, 9.17) is 4.74 Å². The zero-order valence-electron chi connectivity index (χ0n) is 17.5. The van der Waals surface area contributed by atoms with Crippen molar-refractivity contribution in [1.82, 2.24) is 14.8 Å². The smallest absolute Gasteiger partial charge is 0.225 e. The first-order valence-electron chi connectivity index (χ1n) is 9.84. The van der Waals surface area contributed by atoms with Crippen molar-refractivity contribution in [2.75, 3.05) is 12.4 Å². The number of carbonyl (C=O) groups is 2. The number of hydrogen-bond acceptors (Lipinski definition) is 6. The number of rotatable bonds is 7. The normalized spacial score (nSPS) is 10.9. The van der Waals surface area contributed by atoms with Crippen LogP contribution >= 0.6 is 11.3 Å². The Hall–Kier alpha value is -3.52. The maximum atomic E-state index is 12.5. The van der Waals surface area contributed by atoms with Gasteiger partial charge in [-0.05, 0) is 32.0 Å². The molecule has 2 aromatic heterocycles. The Morgan fingerprint density at radius 1 is 1.06 bits per heavy atom. The van der Waals surface area contributed by atoms with Gasteiger partial charge in [0.1, 0.15) is 11.6 Å². The SMILES string of the molecule is COc1ccc2nc(-n3nc(C)cc3NC(=O)CCC(=O)c3ccc(C)cc3)sc2c1. The predicted octanol–water partition coefficient (Wildman–Crippen LogP) is 4.71. The number of thiazole rings is 1. The number of aromatic nitrogens is 3. The second-order valence-corrected chi connectivity index (χ2v) is 8.26. The highest BCUT2D eigenvalue weighted by atomic mass is 32.1. The first-order valence-corrected chi connectivity index (χ1v) is 10.7. The Bertz CT molecular complexity index is 1260. The van der Waals surface area contributed by atoms with Gasteiger partial charge in [-0.25, -0.2) is 4.98 Å². The van der Waals surface area contributed by atoms with Gasteiger partial charge < -0.3 is 10.1 Å². The van der Waals surface area contributed by atoms with Gasteiger partial charge in [-0.15, -0.1) is 0 Å². The van der Waals surface area contributed by atoms with Crippen LogP contribution in [0.5, 0.6) is 5.75 Å². The number of benzene rings is 2. The molecule has 2 aromatic carbocycles. The number of hydrogen-bond donors (Lipinski definition) is 1. The van der Waals surface area contributed by atoms with E-state index in [9.17, 15) is 9.59 Å². The Balaban J connectivity index is 1.47. The van der Waals surface area contributed by atoms with Gasteiger partial charge in [0.05, 0.1) is 23.0 Å². The topological polar surface area (TPSA) is 86.1 Å². The molecule has 4 rings (SSSR count). The summed E-state index contributed by atoms with van der Waals surface area (Å²) in [5, 5.41) is 7.98. The molecule has 31 heavy (non-hydrogen) atoms. The fourth-order valence-electron chi connectivity index (χ4n) is 3.16. The minimum atomic E-state index is -0.246. The predicted molar refractivity (Wildman–Crippen MR) is 121 cm³/mol. The van der Waals surface area contributed by atoms with E-state index < -0.39 is 0 Å². The summed E-state index contributed by atoms with van der Waals surface area (Å²) in [6.45, 7) is 3.82. The summed E-state index contributed by atoms with van der Waals surface area (Å²) in [7, 11) is 1.62. The first kappa shape index (κ1) is 20.7. The molecule has 1 N–H and O–H groups in total. The summed E-state index contributed by atoms with van der Waals surface area (Å²) in [5.74, 6) is 0.978.